The van der Waals surface area contributed by atoms with Crippen LogP contribution in [0.2, 0.25) is 5.02 Å². The summed E-state index contributed by atoms with van der Waals surface area (Å²) < 4.78 is 18.7. The highest BCUT2D eigenvalue weighted by molar-refractivity contribution is 7.80. The number of carbonyl (C=O) groups excluding carboxylic acids is 1. The molecular formula is C25H17ClFN3O2S. The van der Waals surface area contributed by atoms with Crippen molar-refractivity contribution >= 4 is 57.6 Å². The molecule has 0 aliphatic carbocycles. The van der Waals surface area contributed by atoms with Gasteiger partial charge in [0.05, 0.1) is 11.8 Å². The number of ether oxygens (including phenoxy) is 1. The van der Waals surface area contributed by atoms with Gasteiger partial charge in [-0.25, -0.2) is 9.18 Å². The van der Waals surface area contributed by atoms with Gasteiger partial charge in [0, 0.05) is 16.3 Å². The van der Waals surface area contributed by atoms with Crippen molar-refractivity contribution < 1.29 is 13.9 Å². The van der Waals surface area contributed by atoms with E-state index in [0.717, 1.165) is 10.8 Å². The lowest BCUT2D eigenvalue weighted by Crippen LogP contribution is -2.23. The van der Waals surface area contributed by atoms with E-state index in [-0.39, 0.29) is 10.9 Å². The second-order valence-corrected chi connectivity index (χ2v) is 7.77. The summed E-state index contributed by atoms with van der Waals surface area (Å²) in [5.41, 5.74) is 4.31. The number of esters is 1. The first-order valence-electron chi connectivity index (χ1n) is 9.85. The number of hydrazone groups is 1. The molecule has 0 aromatic heterocycles. The van der Waals surface area contributed by atoms with Crippen LogP contribution in [0, 0.1) is 5.82 Å². The SMILES string of the molecule is O=C(Oc1ccc2ccccc2c1C=NNC(=S)Nc1ccc(F)cc1)c1ccc(Cl)cc1. The molecule has 33 heavy (non-hydrogen) atoms. The van der Waals surface area contributed by atoms with Crippen molar-refractivity contribution in [3.8, 4) is 5.75 Å². The van der Waals surface area contributed by atoms with Gasteiger partial charge in [0.15, 0.2) is 5.11 Å². The lowest BCUT2D eigenvalue weighted by atomic mass is 10.0. The molecule has 0 heterocycles. The summed E-state index contributed by atoms with van der Waals surface area (Å²) in [6.45, 7) is 0. The molecule has 4 aromatic carbocycles. The molecule has 0 spiro atoms. The molecule has 0 saturated carbocycles. The minimum absolute atomic E-state index is 0.220. The van der Waals surface area contributed by atoms with Crippen molar-refractivity contribution in [1.29, 1.82) is 0 Å². The molecule has 8 heteroatoms. The quantitative estimate of drug-likeness (QED) is 0.118. The minimum atomic E-state index is -0.516. The van der Waals surface area contributed by atoms with E-state index in [4.69, 9.17) is 28.6 Å². The Morgan fingerprint density at radius 3 is 2.45 bits per heavy atom. The third-order valence-electron chi connectivity index (χ3n) is 4.68. The fraction of sp³-hybridized carbons (Fsp3) is 0. The standard InChI is InChI=1S/C25H17ClFN3O2S/c26-18-8-5-17(6-9-18)24(31)32-23-14-7-16-3-1-2-4-21(16)22(23)15-28-30-25(33)29-20-12-10-19(27)11-13-20/h1-15H,(H2,29,30,33). The van der Waals surface area contributed by atoms with Gasteiger partial charge in [0.25, 0.3) is 0 Å². The van der Waals surface area contributed by atoms with Gasteiger partial charge in [-0.3, -0.25) is 5.43 Å². The third kappa shape index (κ3) is 5.71. The summed E-state index contributed by atoms with van der Waals surface area (Å²) in [7, 11) is 0. The summed E-state index contributed by atoms with van der Waals surface area (Å²) in [4.78, 5) is 12.6. The van der Waals surface area contributed by atoms with Crippen LogP contribution in [0.1, 0.15) is 15.9 Å². The summed E-state index contributed by atoms with van der Waals surface area (Å²) >= 11 is 11.1. The number of carbonyl (C=O) groups is 1. The van der Waals surface area contributed by atoms with Crippen molar-refractivity contribution in [2.45, 2.75) is 0 Å². The average Bonchev–Trinajstić information content (AvgIpc) is 2.82. The van der Waals surface area contributed by atoms with Gasteiger partial charge in [-0.2, -0.15) is 5.10 Å². The molecule has 2 N–H and O–H groups in total. The number of anilines is 1. The normalized spacial score (nSPS) is 10.8. The van der Waals surface area contributed by atoms with Crippen molar-refractivity contribution in [3.63, 3.8) is 0 Å². The molecule has 0 amide bonds. The predicted molar refractivity (Wildman–Crippen MR) is 134 cm³/mol. The Balaban J connectivity index is 1.55. The molecule has 4 aromatic rings. The van der Waals surface area contributed by atoms with Gasteiger partial charge in [0.2, 0.25) is 0 Å². The molecule has 4 rings (SSSR count). The molecule has 0 aliphatic rings. The number of thiocarbonyl (C=S) groups is 1. The first-order valence-corrected chi connectivity index (χ1v) is 10.6. The Morgan fingerprint density at radius 1 is 0.970 bits per heavy atom. The summed E-state index contributed by atoms with van der Waals surface area (Å²) in [6.07, 6.45) is 1.53. The fourth-order valence-corrected chi connectivity index (χ4v) is 3.39. The number of nitrogens with one attached hydrogen (secondary N) is 2. The molecule has 0 saturated heterocycles. The number of fused-ring (bicyclic) bond motifs is 1. The van der Waals surface area contributed by atoms with Crippen LogP contribution in [0.5, 0.6) is 5.75 Å². The van der Waals surface area contributed by atoms with Crippen LogP contribution in [0.25, 0.3) is 10.8 Å². The third-order valence-corrected chi connectivity index (χ3v) is 5.12. The van der Waals surface area contributed by atoms with E-state index in [0.29, 0.717) is 27.6 Å². The summed E-state index contributed by atoms with van der Waals surface area (Å²) in [5.74, 6) is -0.510. The first-order chi connectivity index (χ1) is 16.0. The van der Waals surface area contributed by atoms with Gasteiger partial charge in [-0.15, -0.1) is 0 Å². The Kier molecular flexibility index (Phi) is 6.92. The number of halogens is 2. The Bertz CT molecular complexity index is 1340. The van der Waals surface area contributed by atoms with Crippen molar-refractivity contribution in [2.75, 3.05) is 5.32 Å². The van der Waals surface area contributed by atoms with Crippen LogP contribution in [0.3, 0.4) is 0 Å². The van der Waals surface area contributed by atoms with E-state index in [2.05, 4.69) is 15.8 Å². The van der Waals surface area contributed by atoms with Gasteiger partial charge >= 0.3 is 5.97 Å². The monoisotopic (exact) mass is 477 g/mol. The largest absolute Gasteiger partial charge is 0.422 e. The van der Waals surface area contributed by atoms with E-state index in [1.54, 1.807) is 42.5 Å². The molecule has 0 aliphatic heterocycles. The highest BCUT2D eigenvalue weighted by atomic mass is 35.5. The predicted octanol–water partition coefficient (Wildman–Crippen LogP) is 6.17. The van der Waals surface area contributed by atoms with Gasteiger partial charge < -0.3 is 10.1 Å². The van der Waals surface area contributed by atoms with Crippen LogP contribution in [-0.4, -0.2) is 17.3 Å². The maximum absolute atomic E-state index is 13.1. The van der Waals surface area contributed by atoms with Crippen LogP contribution in [0.4, 0.5) is 10.1 Å². The average molecular weight is 478 g/mol. The fourth-order valence-electron chi connectivity index (χ4n) is 3.09. The molecule has 164 valence electrons. The molecular weight excluding hydrogens is 461 g/mol. The van der Waals surface area contributed by atoms with E-state index in [9.17, 15) is 9.18 Å². The molecule has 0 atom stereocenters. The second-order valence-electron chi connectivity index (χ2n) is 6.93. The number of rotatable bonds is 5. The van der Waals surface area contributed by atoms with E-state index in [1.165, 1.54) is 18.3 Å². The second kappa shape index (κ2) is 10.2. The zero-order valence-corrected chi connectivity index (χ0v) is 18.7. The Morgan fingerprint density at radius 2 is 1.70 bits per heavy atom. The molecule has 0 fully saturated rings. The van der Waals surface area contributed by atoms with E-state index in [1.807, 2.05) is 30.3 Å². The Labute approximate surface area is 199 Å². The highest BCUT2D eigenvalue weighted by Crippen LogP contribution is 2.27. The molecule has 0 unspecified atom stereocenters. The topological polar surface area (TPSA) is 62.7 Å². The lowest BCUT2D eigenvalue weighted by Gasteiger charge is -2.11. The zero-order chi connectivity index (χ0) is 23.2. The van der Waals surface area contributed by atoms with Crippen molar-refractivity contribution in [1.82, 2.24) is 5.43 Å². The van der Waals surface area contributed by atoms with Crippen LogP contribution >= 0.6 is 23.8 Å². The van der Waals surface area contributed by atoms with Gasteiger partial charge in [-0.05, 0) is 77.6 Å². The van der Waals surface area contributed by atoms with Crippen molar-refractivity contribution in [2.24, 2.45) is 5.10 Å². The molecule has 0 radical (unpaired) electrons. The first kappa shape index (κ1) is 22.4. The van der Waals surface area contributed by atoms with E-state index < -0.39 is 5.97 Å². The van der Waals surface area contributed by atoms with Crippen molar-refractivity contribution in [3.05, 3.63) is 107 Å². The summed E-state index contributed by atoms with van der Waals surface area (Å²) in [5, 5.41) is 9.66. The summed E-state index contributed by atoms with van der Waals surface area (Å²) in [6, 6.07) is 23.5. The van der Waals surface area contributed by atoms with E-state index >= 15 is 0 Å². The molecule has 0 bridgehead atoms. The number of hydrogen-bond acceptors (Lipinski definition) is 4. The number of hydrogen-bond donors (Lipinski definition) is 2. The van der Waals surface area contributed by atoms with Crippen LogP contribution in [0.15, 0.2) is 90.0 Å². The van der Waals surface area contributed by atoms with Gasteiger partial charge in [0.1, 0.15) is 11.6 Å². The maximum Gasteiger partial charge on any atom is 0.343 e. The number of nitrogens with zero attached hydrogens (tertiary/aromatic N) is 1. The minimum Gasteiger partial charge on any atom is -0.422 e. The molecule has 5 nitrogen and oxygen atoms in total. The van der Waals surface area contributed by atoms with Crippen LogP contribution < -0.4 is 15.5 Å². The zero-order valence-electron chi connectivity index (χ0n) is 17.1. The van der Waals surface area contributed by atoms with Gasteiger partial charge in [-0.1, -0.05) is 41.9 Å². The highest BCUT2D eigenvalue weighted by Gasteiger charge is 2.13. The lowest BCUT2D eigenvalue weighted by molar-refractivity contribution is 0.0734. The smallest absolute Gasteiger partial charge is 0.343 e. The Hall–Kier alpha value is -3.81. The van der Waals surface area contributed by atoms with Crippen LogP contribution in [-0.2, 0) is 0 Å². The number of benzene rings is 4. The maximum atomic E-state index is 13.1.